The normalized spacial score (nSPS) is 11.1. The smallest absolute Gasteiger partial charge is 0.238 e. The summed E-state index contributed by atoms with van der Waals surface area (Å²) < 4.78 is 25.1. The van der Waals surface area contributed by atoms with Crippen LogP contribution < -0.4 is 5.73 Å². The van der Waals surface area contributed by atoms with Gasteiger partial charge in [-0.25, -0.2) is 8.78 Å². The first kappa shape index (κ1) is 9.95. The van der Waals surface area contributed by atoms with Crippen molar-refractivity contribution in [3.8, 4) is 0 Å². The Morgan fingerprint density at radius 3 is 2.77 bits per heavy atom. The van der Waals surface area contributed by atoms with Crippen molar-refractivity contribution in [1.29, 1.82) is 0 Å². The fourth-order valence-corrected chi connectivity index (χ4v) is 1.06. The quantitative estimate of drug-likeness (QED) is 0.785. The molecule has 0 amide bonds. The van der Waals surface area contributed by atoms with Crippen molar-refractivity contribution in [2.75, 3.05) is 5.73 Å². The van der Waals surface area contributed by atoms with E-state index < -0.39 is 6.43 Å². The molecule has 13 heavy (non-hydrogen) atoms. The second kappa shape index (κ2) is 4.20. The summed E-state index contributed by atoms with van der Waals surface area (Å²) in [7, 11) is 0. The van der Waals surface area contributed by atoms with E-state index in [1.54, 1.807) is 17.8 Å². The molecule has 3 nitrogen and oxygen atoms in total. The number of nitrogens with two attached hydrogens (primary N) is 1. The van der Waals surface area contributed by atoms with Crippen molar-refractivity contribution >= 4 is 5.69 Å². The zero-order valence-electron chi connectivity index (χ0n) is 7.50. The van der Waals surface area contributed by atoms with Crippen LogP contribution in [0.1, 0.15) is 18.5 Å². The van der Waals surface area contributed by atoms with Gasteiger partial charge < -0.3 is 5.73 Å². The molecule has 1 aromatic heterocycles. The van der Waals surface area contributed by atoms with E-state index in [0.29, 0.717) is 18.7 Å². The zero-order valence-corrected chi connectivity index (χ0v) is 7.50. The van der Waals surface area contributed by atoms with Crippen LogP contribution in [0.25, 0.3) is 0 Å². The molecule has 5 heteroatoms. The van der Waals surface area contributed by atoms with Crippen LogP contribution in [0, 0.1) is 6.92 Å². The summed E-state index contributed by atoms with van der Waals surface area (Å²) in [6.07, 6.45) is -0.216. The number of alkyl halides is 2. The molecule has 0 spiro atoms. The van der Waals surface area contributed by atoms with Gasteiger partial charge in [-0.2, -0.15) is 5.10 Å². The number of halogens is 2. The van der Waals surface area contributed by atoms with Gasteiger partial charge in [0.15, 0.2) is 0 Å². The summed E-state index contributed by atoms with van der Waals surface area (Å²) in [5.41, 5.74) is 6.90. The van der Waals surface area contributed by atoms with Crippen molar-refractivity contribution in [3.05, 3.63) is 11.9 Å². The number of nitrogen functional groups attached to an aromatic ring is 1. The molecule has 0 saturated heterocycles. The first-order valence-corrected chi connectivity index (χ1v) is 4.17. The highest BCUT2D eigenvalue weighted by molar-refractivity contribution is 5.39. The lowest BCUT2D eigenvalue weighted by Crippen LogP contribution is -2.01. The lowest BCUT2D eigenvalue weighted by atomic mass is 10.3. The molecule has 1 heterocycles. The van der Waals surface area contributed by atoms with Crippen LogP contribution in [0.15, 0.2) is 6.20 Å². The number of nitrogens with zero attached hydrogens (tertiary/aromatic N) is 2. The number of aromatic nitrogens is 2. The highest BCUT2D eigenvalue weighted by atomic mass is 19.3. The van der Waals surface area contributed by atoms with E-state index in [2.05, 4.69) is 5.10 Å². The Labute approximate surface area is 75.5 Å². The number of hydrogen-bond acceptors (Lipinski definition) is 2. The third-order valence-corrected chi connectivity index (χ3v) is 1.79. The van der Waals surface area contributed by atoms with Crippen molar-refractivity contribution in [2.45, 2.75) is 32.7 Å². The maximum atomic E-state index is 11.8. The summed E-state index contributed by atoms with van der Waals surface area (Å²) in [6.45, 7) is 2.29. The lowest BCUT2D eigenvalue weighted by Gasteiger charge is -1.99. The first-order valence-electron chi connectivity index (χ1n) is 4.17. The second-order valence-corrected chi connectivity index (χ2v) is 2.97. The maximum absolute atomic E-state index is 11.8. The molecule has 0 atom stereocenters. The van der Waals surface area contributed by atoms with Crippen molar-refractivity contribution in [1.82, 2.24) is 9.78 Å². The number of aryl methyl sites for hydroxylation is 2. The van der Waals surface area contributed by atoms with Gasteiger partial charge in [0.1, 0.15) is 0 Å². The molecule has 74 valence electrons. The van der Waals surface area contributed by atoms with E-state index in [0.717, 1.165) is 5.69 Å². The second-order valence-electron chi connectivity index (χ2n) is 2.97. The predicted molar refractivity (Wildman–Crippen MR) is 46.6 cm³/mol. The van der Waals surface area contributed by atoms with Crippen molar-refractivity contribution in [2.24, 2.45) is 0 Å². The summed E-state index contributed by atoms with van der Waals surface area (Å²) >= 11 is 0. The molecule has 0 aliphatic rings. The van der Waals surface area contributed by atoms with E-state index in [-0.39, 0.29) is 6.42 Å². The van der Waals surface area contributed by atoms with Crippen molar-refractivity contribution < 1.29 is 8.78 Å². The van der Waals surface area contributed by atoms with E-state index >= 15 is 0 Å². The summed E-state index contributed by atoms with van der Waals surface area (Å²) in [4.78, 5) is 0. The lowest BCUT2D eigenvalue weighted by molar-refractivity contribution is 0.132. The zero-order chi connectivity index (χ0) is 9.84. The molecular weight excluding hydrogens is 176 g/mol. The van der Waals surface area contributed by atoms with Crippen LogP contribution in [0.4, 0.5) is 14.5 Å². The third-order valence-electron chi connectivity index (χ3n) is 1.79. The number of anilines is 1. The van der Waals surface area contributed by atoms with Gasteiger partial charge in [0, 0.05) is 19.2 Å². The van der Waals surface area contributed by atoms with Crippen LogP contribution in [-0.4, -0.2) is 16.2 Å². The summed E-state index contributed by atoms with van der Waals surface area (Å²) in [6, 6.07) is 0. The largest absolute Gasteiger partial charge is 0.396 e. The van der Waals surface area contributed by atoms with Gasteiger partial charge in [-0.3, -0.25) is 4.68 Å². The Morgan fingerprint density at radius 1 is 1.62 bits per heavy atom. The Kier molecular flexibility index (Phi) is 3.22. The molecule has 2 N–H and O–H groups in total. The van der Waals surface area contributed by atoms with E-state index in [9.17, 15) is 8.78 Å². The van der Waals surface area contributed by atoms with Crippen LogP contribution in [0.3, 0.4) is 0 Å². The minimum atomic E-state index is -2.23. The summed E-state index contributed by atoms with van der Waals surface area (Å²) in [5.74, 6) is 0. The molecule has 0 saturated carbocycles. The van der Waals surface area contributed by atoms with Crippen LogP contribution in [0.5, 0.6) is 0 Å². The minimum Gasteiger partial charge on any atom is -0.396 e. The fourth-order valence-electron chi connectivity index (χ4n) is 1.06. The van der Waals surface area contributed by atoms with Gasteiger partial charge in [-0.05, 0) is 13.3 Å². The standard InChI is InChI=1S/C8H13F2N3/c1-6-7(11)5-13(12-6)4-2-3-8(9)10/h5,8H,2-4,11H2,1H3. The fraction of sp³-hybridized carbons (Fsp3) is 0.625. The molecule has 0 aliphatic carbocycles. The molecule has 0 unspecified atom stereocenters. The van der Waals surface area contributed by atoms with Gasteiger partial charge in [0.25, 0.3) is 0 Å². The summed E-state index contributed by atoms with van der Waals surface area (Å²) in [5, 5.41) is 4.05. The Balaban J connectivity index is 2.37. The van der Waals surface area contributed by atoms with Gasteiger partial charge in [-0.1, -0.05) is 0 Å². The van der Waals surface area contributed by atoms with Gasteiger partial charge in [-0.15, -0.1) is 0 Å². The topological polar surface area (TPSA) is 43.8 Å². The Hall–Kier alpha value is -1.13. The third kappa shape index (κ3) is 3.01. The molecule has 0 bridgehead atoms. The molecule has 0 radical (unpaired) electrons. The highest BCUT2D eigenvalue weighted by Crippen LogP contribution is 2.09. The number of rotatable bonds is 4. The monoisotopic (exact) mass is 189 g/mol. The first-order chi connectivity index (χ1) is 6.09. The Morgan fingerprint density at radius 2 is 2.31 bits per heavy atom. The van der Waals surface area contributed by atoms with Crippen LogP contribution >= 0.6 is 0 Å². The molecule has 0 fully saturated rings. The predicted octanol–water partition coefficient (Wildman–Crippen LogP) is 1.82. The van der Waals surface area contributed by atoms with Gasteiger partial charge in [0.05, 0.1) is 11.4 Å². The molecule has 0 aliphatic heterocycles. The molecule has 1 aromatic rings. The number of hydrogen-bond donors (Lipinski definition) is 1. The molecular formula is C8H13F2N3. The SMILES string of the molecule is Cc1nn(CCCC(F)F)cc1N. The maximum Gasteiger partial charge on any atom is 0.238 e. The van der Waals surface area contributed by atoms with E-state index in [1.165, 1.54) is 0 Å². The average molecular weight is 189 g/mol. The molecule has 1 rings (SSSR count). The van der Waals surface area contributed by atoms with E-state index in [4.69, 9.17) is 5.73 Å². The van der Waals surface area contributed by atoms with Gasteiger partial charge in [0.2, 0.25) is 6.43 Å². The van der Waals surface area contributed by atoms with E-state index in [1.807, 2.05) is 0 Å². The van der Waals surface area contributed by atoms with Crippen LogP contribution in [0.2, 0.25) is 0 Å². The molecule has 0 aromatic carbocycles. The average Bonchev–Trinajstić information content (AvgIpc) is 2.30. The highest BCUT2D eigenvalue weighted by Gasteiger charge is 2.03. The Bertz CT molecular complexity index is 251. The minimum absolute atomic E-state index is 0.0845. The van der Waals surface area contributed by atoms with Crippen LogP contribution in [-0.2, 0) is 6.54 Å². The van der Waals surface area contributed by atoms with Gasteiger partial charge >= 0.3 is 0 Å². The van der Waals surface area contributed by atoms with Crippen molar-refractivity contribution in [3.63, 3.8) is 0 Å².